The zero-order chi connectivity index (χ0) is 78.6. The van der Waals surface area contributed by atoms with Gasteiger partial charge in [0.15, 0.2) is 25.2 Å². The zero-order valence-corrected chi connectivity index (χ0v) is 57.6. The number of hydrogen-bond acceptors (Lipinski definition) is 39. The highest BCUT2D eigenvalue weighted by Crippen LogP contribution is 2.35. The summed E-state index contributed by atoms with van der Waals surface area (Å²) in [6.45, 7) is 6.69. The van der Waals surface area contributed by atoms with Gasteiger partial charge in [0, 0.05) is 0 Å². The minimum atomic E-state index is -2.34. The van der Waals surface area contributed by atoms with Crippen molar-refractivity contribution in [3.63, 3.8) is 0 Å². The van der Waals surface area contributed by atoms with Gasteiger partial charge < -0.3 is 187 Å². The molecule has 0 aromatic heterocycles. The lowest BCUT2D eigenvalue weighted by Gasteiger charge is -2.47. The van der Waals surface area contributed by atoms with Crippen molar-refractivity contribution in [1.82, 2.24) is 10.6 Å². The third-order valence-electron chi connectivity index (χ3n) is 17.4. The number of carboxylic acids is 4. The molecule has 6 saturated heterocycles. The van der Waals surface area contributed by atoms with Crippen LogP contribution in [0.15, 0.2) is 0 Å². The van der Waals surface area contributed by atoms with Gasteiger partial charge in [0.1, 0.15) is 171 Å². The summed E-state index contributed by atoms with van der Waals surface area (Å²) < 4.78 is 47.2. The fourth-order valence-electron chi connectivity index (χ4n) is 11.2. The molecule has 33 unspecified atom stereocenters. The van der Waals surface area contributed by atoms with E-state index in [4.69, 9.17) is 69.4 Å². The highest BCUT2D eigenvalue weighted by Gasteiger charge is 2.56. The number of nitrogens with one attached hydrogen (secondary N) is 2. The van der Waals surface area contributed by atoms with Crippen molar-refractivity contribution in [2.24, 2.45) is 35.1 Å². The van der Waals surface area contributed by atoms with Gasteiger partial charge in [-0.05, 0) is 49.4 Å². The van der Waals surface area contributed by atoms with Crippen LogP contribution in [0.4, 0.5) is 0 Å². The Balaban J connectivity index is 0.000000473. The summed E-state index contributed by atoms with van der Waals surface area (Å²) in [5, 5.41) is 257. The molecule has 0 aromatic rings. The summed E-state index contributed by atoms with van der Waals surface area (Å²) in [5.41, 5.74) is 10.5. The molecule has 6 aliphatic heterocycles. The Morgan fingerprint density at radius 2 is 0.816 bits per heavy atom. The van der Waals surface area contributed by atoms with Crippen molar-refractivity contribution in [2.75, 3.05) is 46.2 Å². The number of aliphatic carboxylic acids is 4. The van der Waals surface area contributed by atoms with Crippen LogP contribution in [0.25, 0.3) is 0 Å². The van der Waals surface area contributed by atoms with Crippen LogP contribution in [-0.2, 0) is 61.8 Å². The lowest BCUT2D eigenvalue weighted by molar-refractivity contribution is -0.367. The smallest absolute Gasteiger partial charge is 0.480 e. The van der Waals surface area contributed by atoms with Crippen LogP contribution in [0.1, 0.15) is 81.5 Å². The molecule has 606 valence electrons. The molecule has 1 saturated carbocycles. The van der Waals surface area contributed by atoms with Crippen molar-refractivity contribution >= 4 is 23.9 Å². The SMILES string of the molecule is CC(C)CC(N)C(=O)O.CC(C)CC(NC1OC(CO)C(OC2OC(CO)C(O)C(O)C2O)C(O)C1O)C(=O)O.CC(C)CC(NCC1(O)OCC(O)C(OC2OC(CO)C(O)C(O)C2O)C1O)C(=O)O.NC(CC1CC1)C(=O)O.OCC1OC(OC2C(CO)OC(O)C(O)C2O)C(O)C(O)C1O.[H+]. The predicted octanol–water partition coefficient (Wildman–Crippen LogP) is -13.2. The predicted molar refractivity (Wildman–Crippen MR) is 339 cm³/mol. The van der Waals surface area contributed by atoms with Gasteiger partial charge in [0.2, 0.25) is 5.79 Å². The van der Waals surface area contributed by atoms with E-state index in [1.807, 2.05) is 41.5 Å². The number of ether oxygens (including phenoxy) is 9. The van der Waals surface area contributed by atoms with E-state index in [9.17, 15) is 137 Å². The molecular formula is C60H113N4O39+. The van der Waals surface area contributed by atoms with Crippen LogP contribution < -0.4 is 22.1 Å². The first-order chi connectivity index (χ1) is 48.0. The molecule has 0 bridgehead atoms. The fraction of sp³-hybridized carbons (Fsp3) is 0.933. The number of nitrogens with two attached hydrogens (primary N) is 2. The Kier molecular flexibility index (Phi) is 39.7. The molecule has 33 atom stereocenters. The Bertz CT molecular complexity index is 2410. The first-order valence-electron chi connectivity index (χ1n) is 33.4. The molecular weight excluding hydrogens is 1400 g/mol. The van der Waals surface area contributed by atoms with Crippen LogP contribution in [-0.4, -0.2) is 405 Å². The third-order valence-corrected chi connectivity index (χ3v) is 17.4. The van der Waals surface area contributed by atoms with E-state index in [2.05, 4.69) is 10.6 Å². The lowest BCUT2D eigenvalue weighted by Crippen LogP contribution is -2.68. The summed E-state index contributed by atoms with van der Waals surface area (Å²) >= 11 is 0. The normalized spacial score (nSPS) is 40.2. The monoisotopic (exact) mass is 1510 g/mol. The Hall–Kier alpha value is -3.52. The molecule has 43 heteroatoms. The van der Waals surface area contributed by atoms with Crippen LogP contribution in [0.3, 0.4) is 0 Å². The first kappa shape index (κ1) is 93.7. The van der Waals surface area contributed by atoms with Crippen LogP contribution in [0.5, 0.6) is 0 Å². The second-order valence-corrected chi connectivity index (χ2v) is 27.3. The highest BCUT2D eigenvalue weighted by molar-refractivity contribution is 5.74. The average Bonchev–Trinajstić information content (AvgIpc) is 0.863. The molecule has 6 heterocycles. The maximum Gasteiger partial charge on any atom is 1.00 e. The minimum absolute atomic E-state index is 0. The molecule has 43 nitrogen and oxygen atoms in total. The van der Waals surface area contributed by atoms with Crippen molar-refractivity contribution in [3.8, 4) is 0 Å². The van der Waals surface area contributed by atoms with Gasteiger partial charge in [-0.15, -0.1) is 0 Å². The van der Waals surface area contributed by atoms with Crippen molar-refractivity contribution in [3.05, 3.63) is 0 Å². The summed E-state index contributed by atoms with van der Waals surface area (Å²) in [4.78, 5) is 43.1. The molecule has 7 fully saturated rings. The van der Waals surface area contributed by atoms with Gasteiger partial charge in [0.05, 0.1) is 46.2 Å². The number of aliphatic hydroxyl groups is 22. The zero-order valence-electron chi connectivity index (χ0n) is 58.6. The molecule has 0 aromatic carbocycles. The number of hydrogen-bond donors (Lipinski definition) is 30. The average molecular weight is 1510 g/mol. The Labute approximate surface area is 592 Å². The van der Waals surface area contributed by atoms with E-state index in [1.54, 1.807) is 0 Å². The highest BCUT2D eigenvalue weighted by atomic mass is 16.7. The topological polar surface area (TPSA) is 753 Å². The van der Waals surface area contributed by atoms with Gasteiger partial charge in [-0.2, -0.15) is 0 Å². The maximum absolute atomic E-state index is 11.5. The third kappa shape index (κ3) is 27.2. The van der Waals surface area contributed by atoms with E-state index in [0.29, 0.717) is 24.7 Å². The number of rotatable bonds is 28. The number of carbonyl (C=O) groups is 4. The standard InChI is InChI=1S/2C18H33NO12.C12H22O11.C6H11NO2.C6H13NO2/c1-7(2)3-8(16(26)27)19-6-18(28)15(25)14(9(21)5-29-18)31-17-13(24)12(23)11(22)10(4-20)30-17;1-6(2)3-7(17(27)28)19-16-13(25)12(24)15(9(5-21)29-16)31-18-14(26)11(23)10(22)8(4-20)30-18;13-1-3-5(15)6(16)9(19)12(22-3)23-10-4(2-14)21-11(20)8(18)7(10)17;7-5(6(8)9)3-4-1-2-4;1-4(2)3-5(7)6(8)9/h7-15,17,19-25,28H,3-6H2,1-2H3,(H,26,27);6-16,18-26H,3-5H2,1-2H3,(H,27,28);3-20H,1-2H2;4-5H,1-3,7H2,(H,8,9);4-5H,3,7H2,1-2H3,(H,8,9)/p+1. The summed E-state index contributed by atoms with van der Waals surface area (Å²) in [6.07, 6.45) is -40.0. The van der Waals surface area contributed by atoms with Crippen molar-refractivity contribution in [2.45, 2.75) is 282 Å². The molecule has 7 aliphatic rings. The molecule has 0 radical (unpaired) electrons. The van der Waals surface area contributed by atoms with Crippen molar-refractivity contribution < 1.29 is 196 Å². The maximum atomic E-state index is 11.5. The van der Waals surface area contributed by atoms with E-state index in [0.717, 1.165) is 0 Å². The Morgan fingerprint density at radius 1 is 0.447 bits per heavy atom. The summed E-state index contributed by atoms with van der Waals surface area (Å²) in [6, 6.07) is -3.44. The largest absolute Gasteiger partial charge is 1.00 e. The second-order valence-electron chi connectivity index (χ2n) is 27.3. The fourth-order valence-corrected chi connectivity index (χ4v) is 11.2. The number of carboxylic acid groups (broad SMARTS) is 4. The second kappa shape index (κ2) is 43.6. The van der Waals surface area contributed by atoms with Gasteiger partial charge in [-0.1, -0.05) is 54.4 Å². The first-order valence-corrected chi connectivity index (χ1v) is 33.4. The molecule has 32 N–H and O–H groups in total. The number of aliphatic hydroxyl groups excluding tert-OH is 21. The van der Waals surface area contributed by atoms with Gasteiger partial charge in [-0.25, -0.2) is 0 Å². The molecule has 7 rings (SSSR count). The van der Waals surface area contributed by atoms with E-state index < -0.39 is 272 Å². The van der Waals surface area contributed by atoms with Gasteiger partial charge in [0.25, 0.3) is 0 Å². The van der Waals surface area contributed by atoms with E-state index >= 15 is 0 Å². The lowest BCUT2D eigenvalue weighted by atomic mass is 9.95. The summed E-state index contributed by atoms with van der Waals surface area (Å²) in [7, 11) is 0. The Morgan fingerprint density at radius 3 is 1.17 bits per heavy atom. The quantitative estimate of drug-likeness (QED) is 0.0346. The summed E-state index contributed by atoms with van der Waals surface area (Å²) in [5.74, 6) is -5.46. The molecule has 0 spiro atoms. The van der Waals surface area contributed by atoms with E-state index in [-0.39, 0.29) is 26.1 Å². The van der Waals surface area contributed by atoms with Gasteiger partial charge in [-0.3, -0.25) is 29.8 Å². The molecule has 103 heavy (non-hydrogen) atoms. The molecule has 1 aliphatic carbocycles. The van der Waals surface area contributed by atoms with Crippen LogP contribution in [0, 0.1) is 23.7 Å². The molecule has 0 amide bonds. The van der Waals surface area contributed by atoms with Crippen LogP contribution in [0.2, 0.25) is 0 Å². The minimum Gasteiger partial charge on any atom is -0.480 e. The van der Waals surface area contributed by atoms with Gasteiger partial charge >= 0.3 is 25.3 Å². The van der Waals surface area contributed by atoms with E-state index in [1.165, 1.54) is 12.8 Å². The van der Waals surface area contributed by atoms with Crippen LogP contribution >= 0.6 is 0 Å². The van der Waals surface area contributed by atoms with Crippen molar-refractivity contribution in [1.29, 1.82) is 0 Å².